The van der Waals surface area contributed by atoms with Gasteiger partial charge in [-0.3, -0.25) is 9.28 Å². The highest BCUT2D eigenvalue weighted by atomic mass is 35.5. The zero-order valence-corrected chi connectivity index (χ0v) is 16.3. The molecule has 0 radical (unpaired) electrons. The SMILES string of the molecule is CCCCCCCCCC(=O)OC(C)[N+](CC)(CC)CC.[Cl-]. The van der Waals surface area contributed by atoms with Crippen molar-refractivity contribution in [3.8, 4) is 0 Å². The van der Waals surface area contributed by atoms with Crippen molar-refractivity contribution in [3.05, 3.63) is 0 Å². The van der Waals surface area contributed by atoms with Crippen molar-refractivity contribution >= 4 is 5.97 Å². The molecule has 0 saturated carbocycles. The van der Waals surface area contributed by atoms with E-state index in [0.717, 1.165) is 37.0 Å². The van der Waals surface area contributed by atoms with Crippen molar-refractivity contribution in [3.63, 3.8) is 0 Å². The Kier molecular flexibility index (Phi) is 15.6. The van der Waals surface area contributed by atoms with Crippen LogP contribution in [0, 0.1) is 0 Å². The number of rotatable bonds is 13. The molecule has 0 heterocycles. The Balaban J connectivity index is 0. The normalized spacial score (nSPS) is 12.6. The Morgan fingerprint density at radius 2 is 1.32 bits per heavy atom. The predicted octanol–water partition coefficient (Wildman–Crippen LogP) is 1.90. The molecule has 0 spiro atoms. The molecule has 0 aliphatic carbocycles. The molecule has 1 unspecified atom stereocenters. The molecule has 0 aromatic carbocycles. The number of carbonyl (C=O) groups excluding carboxylic acids is 1. The minimum absolute atomic E-state index is 0. The van der Waals surface area contributed by atoms with Gasteiger partial charge in [0.2, 0.25) is 6.23 Å². The first-order chi connectivity index (χ1) is 10.1. The molecule has 22 heavy (non-hydrogen) atoms. The molecule has 0 amide bonds. The van der Waals surface area contributed by atoms with Gasteiger partial charge in [0.1, 0.15) is 0 Å². The summed E-state index contributed by atoms with van der Waals surface area (Å²) < 4.78 is 6.53. The number of halogens is 1. The van der Waals surface area contributed by atoms with E-state index in [4.69, 9.17) is 4.74 Å². The molecule has 0 aliphatic heterocycles. The zero-order chi connectivity index (χ0) is 16.1. The van der Waals surface area contributed by atoms with Gasteiger partial charge in [-0.25, -0.2) is 0 Å². The van der Waals surface area contributed by atoms with E-state index in [9.17, 15) is 4.79 Å². The van der Waals surface area contributed by atoms with E-state index in [1.165, 1.54) is 32.1 Å². The van der Waals surface area contributed by atoms with Crippen molar-refractivity contribution in [2.75, 3.05) is 19.6 Å². The number of esters is 1. The highest BCUT2D eigenvalue weighted by molar-refractivity contribution is 5.69. The lowest BCUT2D eigenvalue weighted by molar-refractivity contribution is -0.963. The van der Waals surface area contributed by atoms with Crippen molar-refractivity contribution in [2.45, 2.75) is 92.2 Å². The number of hydrogen-bond acceptors (Lipinski definition) is 2. The van der Waals surface area contributed by atoms with Crippen LogP contribution in [0.15, 0.2) is 0 Å². The Bertz CT molecular complexity index is 260. The average molecular weight is 336 g/mol. The average Bonchev–Trinajstić information content (AvgIpc) is 2.48. The second-order valence-electron chi connectivity index (χ2n) is 6.13. The number of nitrogens with zero attached hydrogens (tertiary/aromatic N) is 1. The van der Waals surface area contributed by atoms with Gasteiger partial charge in [0.15, 0.2) is 0 Å². The maximum absolute atomic E-state index is 12.0. The largest absolute Gasteiger partial charge is 1.00 e. The first kappa shape index (κ1) is 24.0. The topological polar surface area (TPSA) is 26.3 Å². The molecule has 0 saturated heterocycles. The van der Waals surface area contributed by atoms with Gasteiger partial charge in [0, 0.05) is 13.3 Å². The lowest BCUT2D eigenvalue weighted by atomic mass is 10.1. The van der Waals surface area contributed by atoms with E-state index in [0.29, 0.717) is 6.42 Å². The first-order valence-corrected chi connectivity index (χ1v) is 9.11. The van der Waals surface area contributed by atoms with E-state index in [1.54, 1.807) is 0 Å². The molecule has 0 bridgehead atoms. The minimum Gasteiger partial charge on any atom is -1.00 e. The van der Waals surface area contributed by atoms with Crippen LogP contribution in [-0.2, 0) is 9.53 Å². The molecule has 1 atom stereocenters. The van der Waals surface area contributed by atoms with Gasteiger partial charge < -0.3 is 17.1 Å². The van der Waals surface area contributed by atoms with Crippen LogP contribution < -0.4 is 12.4 Å². The van der Waals surface area contributed by atoms with Crippen LogP contribution in [-0.4, -0.2) is 36.3 Å². The maximum atomic E-state index is 12.0. The number of unbranched alkanes of at least 4 members (excludes halogenated alkanes) is 6. The maximum Gasteiger partial charge on any atom is 0.310 e. The lowest BCUT2D eigenvalue weighted by Gasteiger charge is -2.40. The number of quaternary nitrogens is 1. The second-order valence-corrected chi connectivity index (χ2v) is 6.13. The molecule has 0 N–H and O–H groups in total. The smallest absolute Gasteiger partial charge is 0.310 e. The quantitative estimate of drug-likeness (QED) is 0.222. The fourth-order valence-corrected chi connectivity index (χ4v) is 3.03. The van der Waals surface area contributed by atoms with Crippen LogP contribution in [0.25, 0.3) is 0 Å². The molecule has 4 heteroatoms. The summed E-state index contributed by atoms with van der Waals surface area (Å²) in [4.78, 5) is 12.0. The highest BCUT2D eigenvalue weighted by Crippen LogP contribution is 2.16. The van der Waals surface area contributed by atoms with Crippen molar-refractivity contribution in [1.29, 1.82) is 0 Å². The van der Waals surface area contributed by atoms with Gasteiger partial charge in [-0.2, -0.15) is 0 Å². The summed E-state index contributed by atoms with van der Waals surface area (Å²) in [6.45, 7) is 13.8. The molecule has 0 rings (SSSR count). The predicted molar refractivity (Wildman–Crippen MR) is 90.0 cm³/mol. The summed E-state index contributed by atoms with van der Waals surface area (Å²) in [5, 5.41) is 0. The summed E-state index contributed by atoms with van der Waals surface area (Å²) in [6.07, 6.45) is 9.20. The minimum atomic E-state index is -0.0259. The Labute approximate surface area is 144 Å². The van der Waals surface area contributed by atoms with Crippen LogP contribution in [0.1, 0.15) is 86.0 Å². The standard InChI is InChI=1S/C18H38NO2.ClH/c1-6-10-11-12-13-14-15-16-18(20)21-17(5)19(7-2,8-3)9-4;/h17H,6-16H2,1-5H3;1H/q+1;/p-1. The van der Waals surface area contributed by atoms with Crippen LogP contribution in [0.4, 0.5) is 0 Å². The van der Waals surface area contributed by atoms with Gasteiger partial charge in [0.05, 0.1) is 19.6 Å². The van der Waals surface area contributed by atoms with E-state index < -0.39 is 0 Å². The van der Waals surface area contributed by atoms with Gasteiger partial charge in [-0.05, 0) is 27.2 Å². The monoisotopic (exact) mass is 335 g/mol. The molecule has 0 fully saturated rings. The van der Waals surface area contributed by atoms with E-state index in [1.807, 2.05) is 6.92 Å². The van der Waals surface area contributed by atoms with Gasteiger partial charge >= 0.3 is 5.97 Å². The fourth-order valence-electron chi connectivity index (χ4n) is 3.03. The molecule has 134 valence electrons. The zero-order valence-electron chi connectivity index (χ0n) is 15.5. The summed E-state index contributed by atoms with van der Waals surface area (Å²) in [5.74, 6) is -0.0195. The van der Waals surface area contributed by atoms with Crippen LogP contribution >= 0.6 is 0 Å². The molecule has 0 aromatic rings. The molecule has 0 aliphatic rings. The summed E-state index contributed by atoms with van der Waals surface area (Å²) in [6, 6.07) is 0. The summed E-state index contributed by atoms with van der Waals surface area (Å²) in [5.41, 5.74) is 0. The molecule has 0 aromatic heterocycles. The van der Waals surface area contributed by atoms with Crippen LogP contribution in [0.3, 0.4) is 0 Å². The van der Waals surface area contributed by atoms with Gasteiger partial charge in [-0.1, -0.05) is 45.4 Å². The van der Waals surface area contributed by atoms with E-state index >= 15 is 0 Å². The molecular formula is C18H38ClNO2. The van der Waals surface area contributed by atoms with Crippen LogP contribution in [0.5, 0.6) is 0 Å². The Hall–Kier alpha value is -0.280. The summed E-state index contributed by atoms with van der Waals surface area (Å²) in [7, 11) is 0. The van der Waals surface area contributed by atoms with Crippen molar-refractivity contribution < 1.29 is 26.4 Å². The summed E-state index contributed by atoms with van der Waals surface area (Å²) >= 11 is 0. The number of carbonyl (C=O) groups is 1. The van der Waals surface area contributed by atoms with Crippen molar-refractivity contribution in [1.82, 2.24) is 0 Å². The van der Waals surface area contributed by atoms with E-state index in [-0.39, 0.29) is 24.6 Å². The Morgan fingerprint density at radius 1 is 0.864 bits per heavy atom. The third kappa shape index (κ3) is 8.99. The third-order valence-corrected chi connectivity index (χ3v) is 4.95. The highest BCUT2D eigenvalue weighted by Gasteiger charge is 2.31. The van der Waals surface area contributed by atoms with Gasteiger partial charge in [0.25, 0.3) is 0 Å². The van der Waals surface area contributed by atoms with Crippen LogP contribution in [0.2, 0.25) is 0 Å². The fraction of sp³-hybridized carbons (Fsp3) is 0.944. The lowest BCUT2D eigenvalue weighted by Crippen LogP contribution is -3.00. The second kappa shape index (κ2) is 14.3. The van der Waals surface area contributed by atoms with E-state index in [2.05, 4.69) is 27.7 Å². The van der Waals surface area contributed by atoms with Crippen molar-refractivity contribution in [2.24, 2.45) is 0 Å². The third-order valence-electron chi connectivity index (χ3n) is 4.95. The first-order valence-electron chi connectivity index (χ1n) is 9.11. The Morgan fingerprint density at radius 3 is 1.77 bits per heavy atom. The molecular weight excluding hydrogens is 298 g/mol. The van der Waals surface area contributed by atoms with Gasteiger partial charge in [-0.15, -0.1) is 0 Å². The number of ether oxygens (including phenoxy) is 1. The number of hydrogen-bond donors (Lipinski definition) is 0. The molecule has 3 nitrogen and oxygen atoms in total.